The first-order chi connectivity index (χ1) is 8.27. The molecular formula is C14H14O3. The van der Waals surface area contributed by atoms with Gasteiger partial charge in [-0.15, -0.1) is 6.42 Å². The van der Waals surface area contributed by atoms with Crippen molar-refractivity contribution in [3.63, 3.8) is 0 Å². The highest BCUT2D eigenvalue weighted by Gasteiger charge is 2.06. The maximum atomic E-state index is 11.0. The molecular weight excluding hydrogens is 216 g/mol. The maximum absolute atomic E-state index is 11.0. The Kier molecular flexibility index (Phi) is 5.39. The zero-order valence-corrected chi connectivity index (χ0v) is 9.63. The van der Waals surface area contributed by atoms with Gasteiger partial charge >= 0.3 is 5.97 Å². The van der Waals surface area contributed by atoms with E-state index >= 15 is 0 Å². The molecule has 0 radical (unpaired) electrons. The Balaban J connectivity index is 2.55. The van der Waals surface area contributed by atoms with Gasteiger partial charge in [-0.3, -0.25) is 0 Å². The molecule has 0 amide bonds. The smallest absolute Gasteiger partial charge is 0.333 e. The van der Waals surface area contributed by atoms with Crippen molar-refractivity contribution in [2.24, 2.45) is 0 Å². The molecule has 3 nitrogen and oxygen atoms in total. The average Bonchev–Trinajstić information content (AvgIpc) is 2.36. The van der Waals surface area contributed by atoms with E-state index in [0.29, 0.717) is 6.61 Å². The molecule has 0 aromatic heterocycles. The fourth-order valence-electron chi connectivity index (χ4n) is 1.21. The fraction of sp³-hybridized carbons (Fsp3) is 0.214. The third-order valence-electron chi connectivity index (χ3n) is 1.96. The van der Waals surface area contributed by atoms with Gasteiger partial charge in [-0.25, -0.2) is 4.79 Å². The minimum atomic E-state index is -0.498. The standard InChI is InChI=1S/C14H14O3/c1-3-13(12-8-6-5-7-9-12)17-11-10-14(15)16-4-2/h1,5-11,13H,4H2,2H3/b11-10+. The third-order valence-corrected chi connectivity index (χ3v) is 1.96. The summed E-state index contributed by atoms with van der Waals surface area (Å²) in [5.74, 6) is 2.05. The molecule has 0 fully saturated rings. The first kappa shape index (κ1) is 12.9. The molecule has 0 N–H and O–H groups in total. The van der Waals surface area contributed by atoms with Crippen LogP contribution in [-0.2, 0) is 14.3 Å². The normalized spacial score (nSPS) is 11.8. The fourth-order valence-corrected chi connectivity index (χ4v) is 1.21. The summed E-state index contributed by atoms with van der Waals surface area (Å²) in [5.41, 5.74) is 0.864. The number of terminal acetylenes is 1. The van der Waals surface area contributed by atoms with Gasteiger partial charge in [-0.1, -0.05) is 36.3 Å². The van der Waals surface area contributed by atoms with Crippen LogP contribution >= 0.6 is 0 Å². The molecule has 88 valence electrons. The summed E-state index contributed by atoms with van der Waals surface area (Å²) in [6, 6.07) is 9.37. The molecule has 1 aromatic carbocycles. The molecule has 3 heteroatoms. The van der Waals surface area contributed by atoms with E-state index in [1.54, 1.807) is 6.92 Å². The van der Waals surface area contributed by atoms with Crippen molar-refractivity contribution in [3.8, 4) is 12.3 Å². The Morgan fingerprint density at radius 2 is 2.18 bits per heavy atom. The second-order valence-electron chi connectivity index (χ2n) is 3.15. The summed E-state index contributed by atoms with van der Waals surface area (Å²) in [6.07, 6.45) is 7.32. The SMILES string of the molecule is C#CC(O/C=C/C(=O)OCC)c1ccccc1. The Morgan fingerprint density at radius 3 is 2.76 bits per heavy atom. The number of carbonyl (C=O) groups is 1. The molecule has 1 atom stereocenters. The number of carbonyl (C=O) groups excluding carboxylic acids is 1. The topological polar surface area (TPSA) is 35.5 Å². The van der Waals surface area contributed by atoms with Crippen LogP contribution < -0.4 is 0 Å². The van der Waals surface area contributed by atoms with E-state index in [-0.39, 0.29) is 0 Å². The van der Waals surface area contributed by atoms with Gasteiger partial charge in [-0.2, -0.15) is 0 Å². The number of rotatable bonds is 5. The van der Waals surface area contributed by atoms with Gasteiger partial charge in [0.1, 0.15) is 0 Å². The van der Waals surface area contributed by atoms with Crippen LogP contribution in [-0.4, -0.2) is 12.6 Å². The molecule has 0 aliphatic rings. The molecule has 0 heterocycles. The molecule has 1 unspecified atom stereocenters. The van der Waals surface area contributed by atoms with Gasteiger partial charge in [0, 0.05) is 5.56 Å². The third kappa shape index (κ3) is 4.43. The van der Waals surface area contributed by atoms with E-state index in [9.17, 15) is 4.79 Å². The van der Waals surface area contributed by atoms with Crippen molar-refractivity contribution >= 4 is 5.97 Å². The summed E-state index contributed by atoms with van der Waals surface area (Å²) < 4.78 is 9.98. The van der Waals surface area contributed by atoms with E-state index in [0.717, 1.165) is 5.56 Å². The van der Waals surface area contributed by atoms with Gasteiger partial charge < -0.3 is 9.47 Å². The minimum absolute atomic E-state index is 0.334. The summed E-state index contributed by atoms with van der Waals surface area (Å²) in [7, 11) is 0. The molecule has 0 spiro atoms. The number of esters is 1. The largest absolute Gasteiger partial charge is 0.480 e. The lowest BCUT2D eigenvalue weighted by Crippen LogP contribution is -2.01. The predicted molar refractivity (Wildman–Crippen MR) is 64.9 cm³/mol. The van der Waals surface area contributed by atoms with Crippen LogP contribution in [0.3, 0.4) is 0 Å². The second-order valence-corrected chi connectivity index (χ2v) is 3.15. The van der Waals surface area contributed by atoms with Crippen LogP contribution in [0.1, 0.15) is 18.6 Å². The summed E-state index contributed by atoms with van der Waals surface area (Å²) in [6.45, 7) is 2.07. The van der Waals surface area contributed by atoms with Crippen molar-refractivity contribution in [2.75, 3.05) is 6.61 Å². The zero-order valence-electron chi connectivity index (χ0n) is 9.63. The van der Waals surface area contributed by atoms with Gasteiger partial charge in [0.25, 0.3) is 0 Å². The summed E-state index contributed by atoms with van der Waals surface area (Å²) in [4.78, 5) is 11.0. The van der Waals surface area contributed by atoms with E-state index in [1.807, 2.05) is 30.3 Å². The zero-order chi connectivity index (χ0) is 12.5. The molecule has 0 bridgehead atoms. The van der Waals surface area contributed by atoms with Crippen LogP contribution in [0.15, 0.2) is 42.7 Å². The lowest BCUT2D eigenvalue weighted by atomic mass is 10.1. The molecule has 1 aromatic rings. The van der Waals surface area contributed by atoms with E-state index in [1.165, 1.54) is 12.3 Å². The van der Waals surface area contributed by atoms with Gasteiger partial charge in [0.2, 0.25) is 0 Å². The van der Waals surface area contributed by atoms with Crippen LogP contribution in [0.25, 0.3) is 0 Å². The highest BCUT2D eigenvalue weighted by Crippen LogP contribution is 2.15. The Hall–Kier alpha value is -2.21. The van der Waals surface area contributed by atoms with E-state index in [2.05, 4.69) is 5.92 Å². The first-order valence-corrected chi connectivity index (χ1v) is 5.27. The summed E-state index contributed by atoms with van der Waals surface area (Å²) in [5, 5.41) is 0. The highest BCUT2D eigenvalue weighted by atomic mass is 16.5. The second kappa shape index (κ2) is 7.13. The molecule has 0 aliphatic heterocycles. The minimum Gasteiger partial charge on any atom is -0.480 e. The number of hydrogen-bond donors (Lipinski definition) is 0. The maximum Gasteiger partial charge on any atom is 0.333 e. The molecule has 0 saturated heterocycles. The van der Waals surface area contributed by atoms with Crippen molar-refractivity contribution in [1.82, 2.24) is 0 Å². The number of ether oxygens (including phenoxy) is 2. The first-order valence-electron chi connectivity index (χ1n) is 5.27. The number of hydrogen-bond acceptors (Lipinski definition) is 3. The van der Waals surface area contributed by atoms with E-state index in [4.69, 9.17) is 15.9 Å². The van der Waals surface area contributed by atoms with Crippen molar-refractivity contribution < 1.29 is 14.3 Å². The van der Waals surface area contributed by atoms with E-state index < -0.39 is 12.1 Å². The number of benzene rings is 1. The molecule has 1 rings (SSSR count). The monoisotopic (exact) mass is 230 g/mol. The molecule has 0 saturated carbocycles. The lowest BCUT2D eigenvalue weighted by molar-refractivity contribution is -0.137. The molecule has 17 heavy (non-hydrogen) atoms. The van der Waals surface area contributed by atoms with Crippen LogP contribution in [0, 0.1) is 12.3 Å². The van der Waals surface area contributed by atoms with Gasteiger partial charge in [0.05, 0.1) is 18.9 Å². The lowest BCUT2D eigenvalue weighted by Gasteiger charge is -2.09. The van der Waals surface area contributed by atoms with Crippen LogP contribution in [0.4, 0.5) is 0 Å². The molecule has 0 aliphatic carbocycles. The Bertz CT molecular complexity index is 415. The van der Waals surface area contributed by atoms with Crippen molar-refractivity contribution in [2.45, 2.75) is 13.0 Å². The predicted octanol–water partition coefficient (Wildman–Crippen LogP) is 2.45. The average molecular weight is 230 g/mol. The Labute approximate surface area is 101 Å². The van der Waals surface area contributed by atoms with Crippen molar-refractivity contribution in [1.29, 1.82) is 0 Å². The highest BCUT2D eigenvalue weighted by molar-refractivity contribution is 5.81. The van der Waals surface area contributed by atoms with Gasteiger partial charge in [0.15, 0.2) is 6.10 Å². The summed E-state index contributed by atoms with van der Waals surface area (Å²) >= 11 is 0. The van der Waals surface area contributed by atoms with Crippen LogP contribution in [0.2, 0.25) is 0 Å². The van der Waals surface area contributed by atoms with Crippen molar-refractivity contribution in [3.05, 3.63) is 48.2 Å². The Morgan fingerprint density at radius 1 is 1.47 bits per heavy atom. The quantitative estimate of drug-likeness (QED) is 0.337. The van der Waals surface area contributed by atoms with Crippen LogP contribution in [0.5, 0.6) is 0 Å². The van der Waals surface area contributed by atoms with Gasteiger partial charge in [-0.05, 0) is 6.92 Å².